The van der Waals surface area contributed by atoms with Crippen LogP contribution in [0.25, 0.3) is 0 Å². The molecule has 0 aliphatic heterocycles. The number of thiol groups is 1. The van der Waals surface area contributed by atoms with Gasteiger partial charge in [0.1, 0.15) is 0 Å². The summed E-state index contributed by atoms with van der Waals surface area (Å²) in [4.78, 5) is 9.95. The van der Waals surface area contributed by atoms with Crippen LogP contribution in [-0.2, 0) is 17.2 Å². The number of carbonyl (C=O) groups is 1. The molecule has 0 aliphatic carbocycles. The summed E-state index contributed by atoms with van der Waals surface area (Å²) in [5.41, 5.74) is 0. The zero-order chi connectivity index (χ0) is 6.57. The van der Waals surface area contributed by atoms with Gasteiger partial charge in [-0.15, -0.1) is 0 Å². The molecule has 0 radical (unpaired) electrons. The van der Waals surface area contributed by atoms with Gasteiger partial charge in [0.15, 0.2) is 6.04 Å². The predicted molar refractivity (Wildman–Crippen MR) is 35.1 cm³/mol. The smallest absolute Gasteiger partial charge is 0.330 e. The topological polar surface area (TPSA) is 49.7 Å². The number of hydrogen-bond acceptors (Lipinski definition) is 4. The molecule has 0 fully saturated rings. The Balaban J connectivity index is 3.69. The lowest BCUT2D eigenvalue weighted by Crippen LogP contribution is -2.18. The van der Waals surface area contributed by atoms with E-state index >= 15 is 0 Å². The van der Waals surface area contributed by atoms with Gasteiger partial charge in [0.05, 0.1) is 0 Å². The molecule has 0 rings (SSSR count). The Bertz CT molecular complexity index is 105. The molecule has 0 spiro atoms. The normalized spacial score (nSPS) is 12.6. The van der Waals surface area contributed by atoms with Crippen LogP contribution in [0.1, 0.15) is 0 Å². The molecule has 0 amide bonds. The van der Waals surface area contributed by atoms with E-state index in [9.17, 15) is 4.79 Å². The van der Waals surface area contributed by atoms with Gasteiger partial charge in [-0.2, -0.15) is 12.6 Å². The van der Waals surface area contributed by atoms with Gasteiger partial charge < -0.3 is 5.11 Å². The second-order valence-corrected chi connectivity index (χ2v) is 1.72. The standard InChI is InChI=1S/C3H5NO2S2/c5-3(6)2(1-7)4-8/h2,7H,1H2,(H,5,6)/t2-/m0/s1. The Morgan fingerprint density at radius 2 is 2.50 bits per heavy atom. The highest BCUT2D eigenvalue weighted by Gasteiger charge is 2.11. The van der Waals surface area contributed by atoms with Crippen LogP contribution >= 0.6 is 12.6 Å². The number of rotatable bonds is 3. The summed E-state index contributed by atoms with van der Waals surface area (Å²) < 4.78 is 3.11. The van der Waals surface area contributed by atoms with E-state index in [4.69, 9.17) is 5.11 Å². The molecular weight excluding hydrogens is 146 g/mol. The van der Waals surface area contributed by atoms with Gasteiger partial charge in [-0.3, -0.25) is 0 Å². The third-order valence-corrected chi connectivity index (χ3v) is 1.19. The lowest BCUT2D eigenvalue weighted by Gasteiger charge is -1.96. The lowest BCUT2D eigenvalue weighted by atomic mass is 10.4. The molecule has 0 aliphatic rings. The molecule has 0 aromatic carbocycles. The van der Waals surface area contributed by atoms with Crippen LogP contribution in [0.5, 0.6) is 0 Å². The number of nitrogens with zero attached hydrogens (tertiary/aromatic N) is 1. The van der Waals surface area contributed by atoms with Crippen LogP contribution in [0, 0.1) is 0 Å². The molecule has 46 valence electrons. The van der Waals surface area contributed by atoms with Crippen LogP contribution in [0.15, 0.2) is 4.36 Å². The lowest BCUT2D eigenvalue weighted by molar-refractivity contribution is -0.137. The summed E-state index contributed by atoms with van der Waals surface area (Å²) >= 11 is 7.84. The monoisotopic (exact) mass is 151 g/mol. The average Bonchev–Trinajstić information content (AvgIpc) is 1.69. The largest absolute Gasteiger partial charge is 0.480 e. The number of carboxylic acids is 1. The highest BCUT2D eigenvalue weighted by molar-refractivity contribution is 7.80. The summed E-state index contributed by atoms with van der Waals surface area (Å²) in [5.74, 6) is -0.853. The first-order valence-corrected chi connectivity index (χ1v) is 2.88. The van der Waals surface area contributed by atoms with E-state index in [2.05, 4.69) is 29.4 Å². The van der Waals surface area contributed by atoms with Crippen molar-refractivity contribution in [2.45, 2.75) is 6.04 Å². The molecule has 0 unspecified atom stereocenters. The fourth-order valence-electron chi connectivity index (χ4n) is 0.157. The van der Waals surface area contributed by atoms with Crippen molar-refractivity contribution in [3.05, 3.63) is 0 Å². The minimum atomic E-state index is -1.02. The average molecular weight is 151 g/mol. The first-order valence-electron chi connectivity index (χ1n) is 1.88. The molecule has 1 atom stereocenters. The maximum Gasteiger partial charge on any atom is 0.330 e. The van der Waals surface area contributed by atoms with Gasteiger partial charge in [0.25, 0.3) is 0 Å². The Morgan fingerprint density at radius 1 is 2.00 bits per heavy atom. The second-order valence-electron chi connectivity index (χ2n) is 1.14. The molecule has 3 nitrogen and oxygen atoms in total. The minimum Gasteiger partial charge on any atom is -0.480 e. The number of aliphatic carboxylic acids is 1. The Kier molecular flexibility index (Phi) is 3.72. The van der Waals surface area contributed by atoms with Gasteiger partial charge in [0.2, 0.25) is 0 Å². The van der Waals surface area contributed by atoms with E-state index in [1.165, 1.54) is 0 Å². The highest BCUT2D eigenvalue weighted by atomic mass is 32.1. The summed E-state index contributed by atoms with van der Waals surface area (Å²) in [6.45, 7) is 0. The van der Waals surface area contributed by atoms with E-state index in [1.807, 2.05) is 0 Å². The van der Waals surface area contributed by atoms with E-state index in [0.717, 1.165) is 0 Å². The Labute approximate surface area is 57.7 Å². The predicted octanol–water partition coefficient (Wildman–Crippen LogP) is 0.0999. The van der Waals surface area contributed by atoms with Gasteiger partial charge in [-0.05, 0) is 0 Å². The zero-order valence-electron chi connectivity index (χ0n) is 3.94. The first kappa shape index (κ1) is 7.84. The van der Waals surface area contributed by atoms with Gasteiger partial charge in [0, 0.05) is 18.2 Å². The fourth-order valence-corrected chi connectivity index (χ4v) is 0.670. The Morgan fingerprint density at radius 3 is 2.50 bits per heavy atom. The van der Waals surface area contributed by atoms with E-state index in [1.54, 1.807) is 0 Å². The molecule has 5 heteroatoms. The van der Waals surface area contributed by atoms with E-state index in [0.29, 0.717) is 0 Å². The molecule has 0 saturated carbocycles. The highest BCUT2D eigenvalue weighted by Crippen LogP contribution is 1.91. The van der Waals surface area contributed by atoms with Crippen molar-refractivity contribution in [3.63, 3.8) is 0 Å². The van der Waals surface area contributed by atoms with Crippen LogP contribution in [0.2, 0.25) is 0 Å². The van der Waals surface area contributed by atoms with Crippen molar-refractivity contribution in [1.82, 2.24) is 0 Å². The van der Waals surface area contributed by atoms with Gasteiger partial charge in [-0.1, -0.05) is 0 Å². The van der Waals surface area contributed by atoms with Crippen molar-refractivity contribution in [2.24, 2.45) is 4.36 Å². The van der Waals surface area contributed by atoms with Crippen molar-refractivity contribution >= 4 is 31.0 Å². The second kappa shape index (κ2) is 3.80. The van der Waals surface area contributed by atoms with Crippen molar-refractivity contribution < 1.29 is 9.90 Å². The third-order valence-electron chi connectivity index (χ3n) is 0.585. The van der Waals surface area contributed by atoms with E-state index < -0.39 is 12.0 Å². The van der Waals surface area contributed by atoms with Crippen LogP contribution in [0.3, 0.4) is 0 Å². The summed E-state index contributed by atoms with van der Waals surface area (Å²) in [5, 5.41) is 8.16. The summed E-state index contributed by atoms with van der Waals surface area (Å²) in [6, 6.07) is -0.826. The van der Waals surface area contributed by atoms with Crippen molar-refractivity contribution in [1.29, 1.82) is 0 Å². The SMILES string of the molecule is O=C(O)[C@H](CS)N=S. The maximum atomic E-state index is 9.95. The van der Waals surface area contributed by atoms with Crippen molar-refractivity contribution in [2.75, 3.05) is 5.75 Å². The molecule has 0 saturated heterocycles. The summed E-state index contributed by atoms with van der Waals surface area (Å²) in [7, 11) is 0. The molecule has 0 bridgehead atoms. The van der Waals surface area contributed by atoms with Crippen molar-refractivity contribution in [3.8, 4) is 0 Å². The molecular formula is C3H5NO2S2. The molecule has 0 aromatic heterocycles. The maximum absolute atomic E-state index is 9.95. The van der Waals surface area contributed by atoms with Crippen LogP contribution < -0.4 is 0 Å². The molecule has 0 heterocycles. The van der Waals surface area contributed by atoms with Crippen LogP contribution in [-0.4, -0.2) is 22.9 Å². The molecule has 1 N–H and O–H groups in total. The third kappa shape index (κ3) is 2.23. The number of hydrogen-bond donors (Lipinski definition) is 2. The van der Waals surface area contributed by atoms with Crippen LogP contribution in [0.4, 0.5) is 0 Å². The minimum absolute atomic E-state index is 0.166. The molecule has 8 heavy (non-hydrogen) atoms. The fraction of sp³-hybridized carbons (Fsp3) is 0.667. The first-order chi connectivity index (χ1) is 3.72. The van der Waals surface area contributed by atoms with E-state index in [-0.39, 0.29) is 5.75 Å². The van der Waals surface area contributed by atoms with Gasteiger partial charge in [-0.25, -0.2) is 9.16 Å². The zero-order valence-corrected chi connectivity index (χ0v) is 5.65. The Hall–Kier alpha value is -0.160. The quantitative estimate of drug-likeness (QED) is 0.562. The summed E-state index contributed by atoms with van der Waals surface area (Å²) in [6.07, 6.45) is 0. The van der Waals surface area contributed by atoms with Gasteiger partial charge >= 0.3 is 5.97 Å². The number of carboxylic acid groups (broad SMARTS) is 1. The molecule has 0 aromatic rings.